The van der Waals surface area contributed by atoms with Gasteiger partial charge in [0.2, 0.25) is 0 Å². The molecule has 1 saturated heterocycles. The third kappa shape index (κ3) is 1.11. The van der Waals surface area contributed by atoms with Gasteiger partial charge in [0.25, 0.3) is 0 Å². The molecule has 0 aromatic carbocycles. The molecule has 1 aliphatic heterocycles. The molecule has 1 aliphatic carbocycles. The van der Waals surface area contributed by atoms with Crippen LogP contribution in [0.2, 0.25) is 0 Å². The standard InChI is InChI=1S/C8H8O5/c9-6(10)4-1-3-2-5(4)8(12)13-7(3)11/h3-5H,1-2H2,(H,9,10). The maximum Gasteiger partial charge on any atom is 0.317 e. The van der Waals surface area contributed by atoms with Crippen LogP contribution in [0.3, 0.4) is 0 Å². The van der Waals surface area contributed by atoms with Gasteiger partial charge in [-0.2, -0.15) is 0 Å². The maximum absolute atomic E-state index is 11.1. The van der Waals surface area contributed by atoms with Crippen molar-refractivity contribution in [3.63, 3.8) is 0 Å². The van der Waals surface area contributed by atoms with Gasteiger partial charge in [-0.05, 0) is 12.8 Å². The van der Waals surface area contributed by atoms with Gasteiger partial charge in [0.15, 0.2) is 0 Å². The number of hydrogen-bond donors (Lipinski definition) is 1. The minimum absolute atomic E-state index is 0.241. The molecule has 5 heteroatoms. The van der Waals surface area contributed by atoms with Crippen molar-refractivity contribution in [2.75, 3.05) is 0 Å². The number of esters is 2. The SMILES string of the molecule is O=C1OC(=O)C2CC1CC2C(=O)O. The van der Waals surface area contributed by atoms with Gasteiger partial charge in [-0.15, -0.1) is 0 Å². The molecule has 2 rings (SSSR count). The van der Waals surface area contributed by atoms with Crippen molar-refractivity contribution in [3.05, 3.63) is 0 Å². The van der Waals surface area contributed by atoms with Crippen LogP contribution in [0.4, 0.5) is 0 Å². The summed E-state index contributed by atoms with van der Waals surface area (Å²) in [5, 5.41) is 8.75. The minimum Gasteiger partial charge on any atom is -0.481 e. The summed E-state index contributed by atoms with van der Waals surface area (Å²) in [5.74, 6) is -3.98. The molecule has 0 aromatic rings. The first-order valence-electron chi connectivity index (χ1n) is 4.08. The highest BCUT2D eigenvalue weighted by molar-refractivity contribution is 5.95. The quantitative estimate of drug-likeness (QED) is 0.450. The van der Waals surface area contributed by atoms with Crippen LogP contribution < -0.4 is 0 Å². The van der Waals surface area contributed by atoms with Crippen molar-refractivity contribution < 1.29 is 24.2 Å². The average molecular weight is 184 g/mol. The highest BCUT2D eigenvalue weighted by atomic mass is 16.6. The first kappa shape index (κ1) is 8.22. The highest BCUT2D eigenvalue weighted by Gasteiger charge is 2.51. The lowest BCUT2D eigenvalue weighted by molar-refractivity contribution is -0.170. The van der Waals surface area contributed by atoms with Crippen LogP contribution in [0, 0.1) is 17.8 Å². The monoisotopic (exact) mass is 184 g/mol. The molecule has 1 saturated carbocycles. The molecule has 5 nitrogen and oxygen atoms in total. The zero-order valence-electron chi connectivity index (χ0n) is 6.73. The van der Waals surface area contributed by atoms with E-state index in [4.69, 9.17) is 5.11 Å². The van der Waals surface area contributed by atoms with Crippen molar-refractivity contribution in [2.24, 2.45) is 17.8 Å². The fourth-order valence-electron chi connectivity index (χ4n) is 2.02. The first-order valence-corrected chi connectivity index (χ1v) is 4.08. The fraction of sp³-hybridized carbons (Fsp3) is 0.625. The average Bonchev–Trinajstić information content (AvgIpc) is 2.42. The largest absolute Gasteiger partial charge is 0.481 e. The Balaban J connectivity index is 2.26. The predicted octanol–water partition coefficient (Wildman–Crippen LogP) is -0.203. The Hall–Kier alpha value is -1.39. The van der Waals surface area contributed by atoms with Gasteiger partial charge in [-0.3, -0.25) is 14.4 Å². The third-order valence-corrected chi connectivity index (χ3v) is 2.72. The second kappa shape index (κ2) is 2.55. The van der Waals surface area contributed by atoms with E-state index in [9.17, 15) is 14.4 Å². The van der Waals surface area contributed by atoms with Crippen molar-refractivity contribution in [1.82, 2.24) is 0 Å². The van der Waals surface area contributed by atoms with Crippen LogP contribution in [-0.2, 0) is 19.1 Å². The molecule has 13 heavy (non-hydrogen) atoms. The van der Waals surface area contributed by atoms with Gasteiger partial charge < -0.3 is 9.84 Å². The zero-order chi connectivity index (χ0) is 9.59. The summed E-state index contributed by atoms with van der Waals surface area (Å²) < 4.78 is 4.41. The molecule has 2 fully saturated rings. The lowest BCUT2D eigenvalue weighted by Gasteiger charge is -2.16. The van der Waals surface area contributed by atoms with E-state index in [1.807, 2.05) is 0 Å². The van der Waals surface area contributed by atoms with E-state index in [2.05, 4.69) is 4.74 Å². The second-order valence-corrected chi connectivity index (χ2v) is 3.46. The molecular weight excluding hydrogens is 176 g/mol. The van der Waals surface area contributed by atoms with Crippen molar-refractivity contribution >= 4 is 17.9 Å². The molecule has 0 radical (unpaired) electrons. The van der Waals surface area contributed by atoms with Crippen molar-refractivity contribution in [3.8, 4) is 0 Å². The number of carbonyl (C=O) groups excluding carboxylic acids is 2. The third-order valence-electron chi connectivity index (χ3n) is 2.72. The minimum atomic E-state index is -1.01. The van der Waals surface area contributed by atoms with Gasteiger partial charge in [-0.1, -0.05) is 0 Å². The summed E-state index contributed by atoms with van der Waals surface area (Å²) in [6.07, 6.45) is 0.583. The number of hydrogen-bond acceptors (Lipinski definition) is 4. The lowest BCUT2D eigenvalue weighted by atomic mass is 9.96. The number of carboxylic acid groups (broad SMARTS) is 1. The number of ether oxygens (including phenoxy) is 1. The molecule has 2 aliphatic rings. The molecular formula is C8H8O5. The van der Waals surface area contributed by atoms with Crippen LogP contribution in [0.25, 0.3) is 0 Å². The van der Waals surface area contributed by atoms with E-state index >= 15 is 0 Å². The van der Waals surface area contributed by atoms with E-state index < -0.39 is 29.7 Å². The zero-order valence-corrected chi connectivity index (χ0v) is 6.73. The lowest BCUT2D eigenvalue weighted by Crippen LogP contribution is -2.31. The number of carbonyl (C=O) groups is 3. The summed E-state index contributed by atoms with van der Waals surface area (Å²) in [5.41, 5.74) is 0. The molecule has 2 bridgehead atoms. The van der Waals surface area contributed by atoms with Gasteiger partial charge in [0, 0.05) is 0 Å². The number of carboxylic acids is 1. The Morgan fingerprint density at radius 1 is 1.31 bits per heavy atom. The smallest absolute Gasteiger partial charge is 0.317 e. The van der Waals surface area contributed by atoms with Crippen molar-refractivity contribution in [2.45, 2.75) is 12.8 Å². The Labute approximate surface area is 73.7 Å². The Morgan fingerprint density at radius 2 is 2.00 bits per heavy atom. The molecule has 0 amide bonds. The Morgan fingerprint density at radius 3 is 2.62 bits per heavy atom. The molecule has 3 unspecified atom stereocenters. The number of rotatable bonds is 1. The Kier molecular flexibility index (Phi) is 1.61. The fourth-order valence-corrected chi connectivity index (χ4v) is 2.02. The van der Waals surface area contributed by atoms with E-state index in [0.717, 1.165) is 0 Å². The normalized spacial score (nSPS) is 37.4. The number of cyclic esters (lactones) is 2. The van der Waals surface area contributed by atoms with Gasteiger partial charge in [-0.25, -0.2) is 0 Å². The summed E-state index contributed by atoms with van der Waals surface area (Å²) in [6.45, 7) is 0. The molecule has 70 valence electrons. The summed E-state index contributed by atoms with van der Waals surface area (Å²) in [4.78, 5) is 32.7. The Bertz CT molecular complexity index is 295. The molecule has 1 heterocycles. The predicted molar refractivity (Wildman–Crippen MR) is 38.4 cm³/mol. The van der Waals surface area contributed by atoms with Crippen LogP contribution in [-0.4, -0.2) is 23.0 Å². The van der Waals surface area contributed by atoms with Crippen LogP contribution in [0.15, 0.2) is 0 Å². The molecule has 0 spiro atoms. The summed E-state index contributed by atoms with van der Waals surface area (Å²) >= 11 is 0. The summed E-state index contributed by atoms with van der Waals surface area (Å²) in [7, 11) is 0. The number of aliphatic carboxylic acids is 1. The molecule has 1 N–H and O–H groups in total. The first-order chi connectivity index (χ1) is 6.09. The van der Waals surface area contributed by atoms with E-state index in [-0.39, 0.29) is 12.3 Å². The topological polar surface area (TPSA) is 80.7 Å². The van der Waals surface area contributed by atoms with Crippen LogP contribution in [0.5, 0.6) is 0 Å². The van der Waals surface area contributed by atoms with Crippen LogP contribution >= 0.6 is 0 Å². The van der Waals surface area contributed by atoms with Crippen molar-refractivity contribution in [1.29, 1.82) is 0 Å². The highest BCUT2D eigenvalue weighted by Crippen LogP contribution is 2.41. The number of fused-ring (bicyclic) bond motifs is 2. The van der Waals surface area contributed by atoms with E-state index in [1.54, 1.807) is 0 Å². The van der Waals surface area contributed by atoms with E-state index in [0.29, 0.717) is 6.42 Å². The van der Waals surface area contributed by atoms with Gasteiger partial charge >= 0.3 is 17.9 Å². The van der Waals surface area contributed by atoms with Crippen LogP contribution in [0.1, 0.15) is 12.8 Å². The molecule has 0 aromatic heterocycles. The summed E-state index contributed by atoms with van der Waals surface area (Å²) in [6, 6.07) is 0. The van der Waals surface area contributed by atoms with Gasteiger partial charge in [0.1, 0.15) is 0 Å². The van der Waals surface area contributed by atoms with E-state index in [1.165, 1.54) is 0 Å². The maximum atomic E-state index is 11.1. The van der Waals surface area contributed by atoms with Gasteiger partial charge in [0.05, 0.1) is 17.8 Å². The second-order valence-electron chi connectivity index (χ2n) is 3.46. The molecule has 3 atom stereocenters.